The highest BCUT2D eigenvalue weighted by Gasteiger charge is 2.08. The number of carbonyl (C=O) groups is 1. The van der Waals surface area contributed by atoms with Gasteiger partial charge in [0.25, 0.3) is 0 Å². The van der Waals surface area contributed by atoms with Crippen LogP contribution < -0.4 is 5.32 Å². The van der Waals surface area contributed by atoms with E-state index in [4.69, 9.17) is 0 Å². The molecule has 0 aliphatic heterocycles. The third-order valence-corrected chi connectivity index (χ3v) is 5.33. The molecule has 0 fully saturated rings. The van der Waals surface area contributed by atoms with E-state index in [0.717, 1.165) is 32.5 Å². The van der Waals surface area contributed by atoms with E-state index in [2.05, 4.69) is 26.3 Å². The van der Waals surface area contributed by atoms with Crippen molar-refractivity contribution in [2.75, 3.05) is 5.32 Å². The second-order valence-electron chi connectivity index (χ2n) is 5.19. The molecule has 0 radical (unpaired) electrons. The Morgan fingerprint density at radius 3 is 2.91 bits per heavy atom. The quantitative estimate of drug-likeness (QED) is 0.737. The number of aromatic nitrogens is 2. The maximum atomic E-state index is 12.1. The van der Waals surface area contributed by atoms with Crippen LogP contribution in [0.3, 0.4) is 0 Å². The number of nitrogens with zero attached hydrogens (tertiary/aromatic N) is 2. The van der Waals surface area contributed by atoms with Crippen LogP contribution in [-0.4, -0.2) is 15.7 Å². The second kappa shape index (κ2) is 6.22. The smallest absolute Gasteiger partial charge is 0.224 e. The van der Waals surface area contributed by atoms with Crippen molar-refractivity contribution in [2.45, 2.75) is 19.8 Å². The van der Waals surface area contributed by atoms with E-state index in [1.54, 1.807) is 11.3 Å². The van der Waals surface area contributed by atoms with Gasteiger partial charge in [-0.05, 0) is 59.6 Å². The molecule has 1 amide bonds. The molecule has 1 N–H and O–H groups in total. The summed E-state index contributed by atoms with van der Waals surface area (Å²) < 4.78 is 2.95. The van der Waals surface area contributed by atoms with Crippen LogP contribution in [0.25, 0.3) is 10.9 Å². The summed E-state index contributed by atoms with van der Waals surface area (Å²) in [6.45, 7) is 2.03. The lowest BCUT2D eigenvalue weighted by Gasteiger charge is -2.04. The molecule has 0 bridgehead atoms. The molecule has 2 aromatic heterocycles. The van der Waals surface area contributed by atoms with Crippen molar-refractivity contribution in [3.63, 3.8) is 0 Å². The molecule has 3 rings (SSSR count). The largest absolute Gasteiger partial charge is 0.326 e. The Kier molecular flexibility index (Phi) is 4.31. The van der Waals surface area contributed by atoms with E-state index in [1.165, 1.54) is 4.88 Å². The van der Waals surface area contributed by atoms with Gasteiger partial charge in [0.05, 0.1) is 9.30 Å². The molecule has 0 saturated carbocycles. The molecule has 0 aliphatic rings. The Bertz CT molecular complexity index is 837. The number of halogens is 1. The number of anilines is 1. The van der Waals surface area contributed by atoms with Crippen molar-refractivity contribution in [1.82, 2.24) is 9.78 Å². The monoisotopic (exact) mass is 377 g/mol. The molecule has 6 heteroatoms. The molecular formula is C16H16BrN3OS. The van der Waals surface area contributed by atoms with Crippen LogP contribution in [0.5, 0.6) is 0 Å². The van der Waals surface area contributed by atoms with Gasteiger partial charge in [-0.15, -0.1) is 11.3 Å². The molecule has 0 spiro atoms. The lowest BCUT2D eigenvalue weighted by molar-refractivity contribution is -0.116. The molecule has 22 heavy (non-hydrogen) atoms. The van der Waals surface area contributed by atoms with E-state index in [9.17, 15) is 4.79 Å². The van der Waals surface area contributed by atoms with Crippen LogP contribution in [0.1, 0.15) is 17.0 Å². The number of nitrogens with one attached hydrogen (secondary N) is 1. The molecule has 2 heterocycles. The first-order valence-electron chi connectivity index (χ1n) is 7.00. The van der Waals surface area contributed by atoms with Gasteiger partial charge in [0.15, 0.2) is 0 Å². The molecule has 4 nitrogen and oxygen atoms in total. The van der Waals surface area contributed by atoms with E-state index in [0.29, 0.717) is 6.42 Å². The van der Waals surface area contributed by atoms with Crippen molar-refractivity contribution in [2.24, 2.45) is 7.05 Å². The van der Waals surface area contributed by atoms with E-state index >= 15 is 0 Å². The van der Waals surface area contributed by atoms with Crippen LogP contribution in [0.2, 0.25) is 0 Å². The number of amides is 1. The minimum Gasteiger partial charge on any atom is -0.326 e. The maximum Gasteiger partial charge on any atom is 0.224 e. The molecule has 114 valence electrons. The van der Waals surface area contributed by atoms with E-state index in [-0.39, 0.29) is 5.91 Å². The molecule has 0 atom stereocenters. The van der Waals surface area contributed by atoms with Gasteiger partial charge in [0.1, 0.15) is 0 Å². The summed E-state index contributed by atoms with van der Waals surface area (Å²) in [7, 11) is 1.92. The third-order valence-electron chi connectivity index (χ3n) is 3.64. The maximum absolute atomic E-state index is 12.1. The number of thiophene rings is 1. The summed E-state index contributed by atoms with van der Waals surface area (Å²) >= 11 is 5.10. The fourth-order valence-corrected chi connectivity index (χ4v) is 3.84. The van der Waals surface area contributed by atoms with Crippen molar-refractivity contribution in [3.8, 4) is 0 Å². The van der Waals surface area contributed by atoms with Crippen LogP contribution in [-0.2, 0) is 18.3 Å². The third kappa shape index (κ3) is 3.23. The Morgan fingerprint density at radius 1 is 1.36 bits per heavy atom. The van der Waals surface area contributed by atoms with Gasteiger partial charge in [-0.3, -0.25) is 9.48 Å². The molecule has 0 unspecified atom stereocenters. The van der Waals surface area contributed by atoms with Gasteiger partial charge in [0, 0.05) is 35.1 Å². The van der Waals surface area contributed by atoms with E-state index in [1.807, 2.05) is 49.0 Å². The van der Waals surface area contributed by atoms with Gasteiger partial charge in [-0.2, -0.15) is 5.10 Å². The first-order valence-corrected chi connectivity index (χ1v) is 8.61. The van der Waals surface area contributed by atoms with Crippen LogP contribution in [0.15, 0.2) is 34.1 Å². The Labute approximate surface area is 141 Å². The van der Waals surface area contributed by atoms with Crippen LogP contribution in [0, 0.1) is 6.92 Å². The van der Waals surface area contributed by atoms with Crippen molar-refractivity contribution in [3.05, 3.63) is 44.7 Å². The highest BCUT2D eigenvalue weighted by molar-refractivity contribution is 9.11. The van der Waals surface area contributed by atoms with Crippen LogP contribution >= 0.6 is 27.3 Å². The topological polar surface area (TPSA) is 46.9 Å². The Hall–Kier alpha value is -1.66. The highest BCUT2D eigenvalue weighted by Crippen LogP contribution is 2.24. The summed E-state index contributed by atoms with van der Waals surface area (Å²) in [6.07, 6.45) is 1.24. The molecular weight excluding hydrogens is 362 g/mol. The Morgan fingerprint density at radius 2 is 2.18 bits per heavy atom. The molecule has 3 aromatic rings. The number of aryl methyl sites for hydroxylation is 3. The summed E-state index contributed by atoms with van der Waals surface area (Å²) in [5, 5.41) is 8.50. The lowest BCUT2D eigenvalue weighted by atomic mass is 10.2. The van der Waals surface area contributed by atoms with E-state index < -0.39 is 0 Å². The summed E-state index contributed by atoms with van der Waals surface area (Å²) in [6, 6.07) is 9.91. The molecule has 1 aromatic carbocycles. The molecule has 0 aliphatic carbocycles. The zero-order valence-electron chi connectivity index (χ0n) is 12.4. The van der Waals surface area contributed by atoms with Gasteiger partial charge in [-0.1, -0.05) is 0 Å². The van der Waals surface area contributed by atoms with Crippen molar-refractivity contribution < 1.29 is 4.79 Å². The van der Waals surface area contributed by atoms with Crippen molar-refractivity contribution >= 4 is 49.8 Å². The normalized spacial score (nSPS) is 11.0. The first-order chi connectivity index (χ1) is 10.5. The standard InChI is InChI=1S/C16H16BrN3OS/c1-10-13-6-3-11(9-14(13)19-20(10)2)18-16(21)8-5-12-4-7-15(17)22-12/h3-4,6-7,9H,5,8H2,1-2H3,(H,18,21). The SMILES string of the molecule is Cc1c2ccc(NC(=O)CCc3ccc(Br)s3)cc2nn1C. The number of hydrogen-bond donors (Lipinski definition) is 1. The summed E-state index contributed by atoms with van der Waals surface area (Å²) in [5.41, 5.74) is 2.82. The number of rotatable bonds is 4. The number of fused-ring (bicyclic) bond motifs is 1. The minimum absolute atomic E-state index is 0.0246. The van der Waals surface area contributed by atoms with Gasteiger partial charge in [0.2, 0.25) is 5.91 Å². The number of hydrogen-bond acceptors (Lipinski definition) is 3. The predicted octanol–water partition coefficient (Wildman–Crippen LogP) is 4.28. The summed E-state index contributed by atoms with van der Waals surface area (Å²) in [5.74, 6) is 0.0246. The van der Waals surface area contributed by atoms with Gasteiger partial charge in [-0.25, -0.2) is 0 Å². The average molecular weight is 378 g/mol. The summed E-state index contributed by atoms with van der Waals surface area (Å²) in [4.78, 5) is 13.3. The van der Waals surface area contributed by atoms with Gasteiger partial charge < -0.3 is 5.32 Å². The zero-order chi connectivity index (χ0) is 15.7. The average Bonchev–Trinajstić information content (AvgIpc) is 3.01. The number of carbonyl (C=O) groups excluding carboxylic acids is 1. The predicted molar refractivity (Wildman–Crippen MR) is 94.4 cm³/mol. The minimum atomic E-state index is 0.0246. The zero-order valence-corrected chi connectivity index (χ0v) is 14.8. The highest BCUT2D eigenvalue weighted by atomic mass is 79.9. The first kappa shape index (κ1) is 15.2. The second-order valence-corrected chi connectivity index (χ2v) is 7.74. The van der Waals surface area contributed by atoms with Crippen molar-refractivity contribution in [1.29, 1.82) is 0 Å². The van der Waals surface area contributed by atoms with Gasteiger partial charge >= 0.3 is 0 Å². The number of benzene rings is 1. The Balaban J connectivity index is 1.66. The fraction of sp³-hybridized carbons (Fsp3) is 0.250. The van der Waals surface area contributed by atoms with Crippen LogP contribution in [0.4, 0.5) is 5.69 Å². The molecule has 0 saturated heterocycles. The fourth-order valence-electron chi connectivity index (χ4n) is 2.36. The lowest BCUT2D eigenvalue weighted by Crippen LogP contribution is -2.11.